The van der Waals surface area contributed by atoms with Gasteiger partial charge in [-0.25, -0.2) is 0 Å². The van der Waals surface area contributed by atoms with Crippen molar-refractivity contribution < 1.29 is 9.90 Å². The topological polar surface area (TPSA) is 49.3 Å². The lowest BCUT2D eigenvalue weighted by Crippen LogP contribution is -2.40. The molecule has 1 rings (SSSR count). The fourth-order valence-corrected chi connectivity index (χ4v) is 1.89. The van der Waals surface area contributed by atoms with Crippen LogP contribution in [-0.4, -0.2) is 23.2 Å². The summed E-state index contributed by atoms with van der Waals surface area (Å²) in [5.74, 6) is 5.66. The predicted octanol–water partition coefficient (Wildman–Crippen LogP) is 2.01. The third-order valence-electron chi connectivity index (χ3n) is 1.80. The number of carbonyl (C=O) groups is 1. The van der Waals surface area contributed by atoms with Gasteiger partial charge in [-0.1, -0.05) is 11.8 Å². The third-order valence-corrected chi connectivity index (χ3v) is 2.64. The van der Waals surface area contributed by atoms with Crippen molar-refractivity contribution in [2.75, 3.05) is 6.61 Å². The smallest absolute Gasteiger partial charge is 0.252 e. The van der Waals surface area contributed by atoms with E-state index >= 15 is 0 Å². The van der Waals surface area contributed by atoms with Crippen LogP contribution in [0, 0.1) is 11.8 Å². The Balaban J connectivity index is 2.69. The molecule has 3 nitrogen and oxygen atoms in total. The van der Waals surface area contributed by atoms with Gasteiger partial charge in [0, 0.05) is 17.3 Å². The lowest BCUT2D eigenvalue weighted by Gasteiger charge is -2.19. The van der Waals surface area contributed by atoms with Crippen molar-refractivity contribution in [2.24, 2.45) is 0 Å². The fraction of sp³-hybridized carbons (Fsp3) is 0.462. The van der Waals surface area contributed by atoms with Crippen LogP contribution < -0.4 is 5.32 Å². The molecule has 4 heteroatoms. The highest BCUT2D eigenvalue weighted by Crippen LogP contribution is 2.14. The van der Waals surface area contributed by atoms with Crippen molar-refractivity contribution in [2.45, 2.75) is 32.7 Å². The SMILES string of the molecule is CC(C)(C)NC(=O)c1csc(C#CCCO)c1. The van der Waals surface area contributed by atoms with Gasteiger partial charge in [-0.05, 0) is 26.8 Å². The molecule has 0 spiro atoms. The zero-order valence-corrected chi connectivity index (χ0v) is 11.1. The first-order chi connectivity index (χ1) is 7.92. The summed E-state index contributed by atoms with van der Waals surface area (Å²) in [5, 5.41) is 13.3. The number of hydrogen-bond acceptors (Lipinski definition) is 3. The molecule has 17 heavy (non-hydrogen) atoms. The Morgan fingerprint density at radius 1 is 1.53 bits per heavy atom. The van der Waals surface area contributed by atoms with Gasteiger partial charge in [0.05, 0.1) is 17.0 Å². The highest BCUT2D eigenvalue weighted by atomic mass is 32.1. The van der Waals surface area contributed by atoms with Crippen molar-refractivity contribution in [3.8, 4) is 11.8 Å². The molecule has 0 fully saturated rings. The molecular formula is C13H17NO2S. The summed E-state index contributed by atoms with van der Waals surface area (Å²) in [6.45, 7) is 5.90. The molecule has 1 aromatic rings. The Morgan fingerprint density at radius 3 is 2.82 bits per heavy atom. The van der Waals surface area contributed by atoms with Crippen LogP contribution in [0.5, 0.6) is 0 Å². The Labute approximate surface area is 106 Å². The summed E-state index contributed by atoms with van der Waals surface area (Å²) in [4.78, 5) is 12.7. The van der Waals surface area contributed by atoms with Gasteiger partial charge in [0.15, 0.2) is 0 Å². The molecule has 0 radical (unpaired) electrons. The lowest BCUT2D eigenvalue weighted by molar-refractivity contribution is 0.0920. The minimum absolute atomic E-state index is 0.0652. The summed E-state index contributed by atoms with van der Waals surface area (Å²) in [5.41, 5.74) is 0.403. The number of aliphatic hydroxyl groups excluding tert-OH is 1. The van der Waals surface area contributed by atoms with Crippen LogP contribution in [0.15, 0.2) is 11.4 Å². The van der Waals surface area contributed by atoms with Gasteiger partial charge < -0.3 is 10.4 Å². The molecule has 0 atom stereocenters. The molecule has 1 aromatic heterocycles. The van der Waals surface area contributed by atoms with E-state index in [1.807, 2.05) is 20.8 Å². The summed E-state index contributed by atoms with van der Waals surface area (Å²) in [6, 6.07) is 1.77. The first-order valence-corrected chi connectivity index (χ1v) is 6.31. The van der Waals surface area contributed by atoms with Crippen molar-refractivity contribution in [3.05, 3.63) is 21.9 Å². The Hall–Kier alpha value is -1.31. The van der Waals surface area contributed by atoms with Crippen LogP contribution >= 0.6 is 11.3 Å². The summed E-state index contributed by atoms with van der Waals surface area (Å²) in [6.07, 6.45) is 0.460. The van der Waals surface area contributed by atoms with E-state index in [2.05, 4.69) is 17.2 Å². The highest BCUT2D eigenvalue weighted by Gasteiger charge is 2.15. The molecule has 0 saturated carbocycles. The number of aliphatic hydroxyl groups is 1. The van der Waals surface area contributed by atoms with Crippen molar-refractivity contribution in [1.29, 1.82) is 0 Å². The van der Waals surface area contributed by atoms with Crippen LogP contribution in [0.25, 0.3) is 0 Å². The second-order valence-corrected chi connectivity index (χ2v) is 5.59. The average molecular weight is 251 g/mol. The van der Waals surface area contributed by atoms with E-state index in [4.69, 9.17) is 5.11 Å². The minimum Gasteiger partial charge on any atom is -0.395 e. The van der Waals surface area contributed by atoms with Crippen LogP contribution in [0.2, 0.25) is 0 Å². The van der Waals surface area contributed by atoms with Crippen LogP contribution in [0.1, 0.15) is 42.4 Å². The van der Waals surface area contributed by atoms with Crippen molar-refractivity contribution >= 4 is 17.2 Å². The fourth-order valence-electron chi connectivity index (χ4n) is 1.14. The number of thiophene rings is 1. The molecule has 0 aliphatic carbocycles. The first kappa shape index (κ1) is 13.8. The standard InChI is InChI=1S/C13H17NO2S/c1-13(2,3)14-12(16)10-8-11(17-9-10)6-4-5-7-15/h8-9,15H,5,7H2,1-3H3,(H,14,16). The van der Waals surface area contributed by atoms with Gasteiger partial charge in [-0.2, -0.15) is 0 Å². The maximum atomic E-state index is 11.8. The molecule has 1 heterocycles. The Morgan fingerprint density at radius 2 is 2.24 bits per heavy atom. The van der Waals surface area contributed by atoms with E-state index in [1.165, 1.54) is 11.3 Å². The zero-order valence-electron chi connectivity index (χ0n) is 10.3. The minimum atomic E-state index is -0.234. The predicted molar refractivity (Wildman–Crippen MR) is 70.1 cm³/mol. The van der Waals surface area contributed by atoms with E-state index in [0.717, 1.165) is 4.88 Å². The Bertz CT molecular complexity index is 446. The summed E-state index contributed by atoms with van der Waals surface area (Å²) >= 11 is 1.44. The number of amides is 1. The molecule has 92 valence electrons. The second kappa shape index (κ2) is 5.85. The van der Waals surface area contributed by atoms with E-state index in [0.29, 0.717) is 12.0 Å². The number of hydrogen-bond donors (Lipinski definition) is 2. The molecule has 0 aromatic carbocycles. The van der Waals surface area contributed by atoms with E-state index in [1.54, 1.807) is 11.4 Å². The molecule has 1 amide bonds. The summed E-state index contributed by atoms with van der Waals surface area (Å²) in [7, 11) is 0. The largest absolute Gasteiger partial charge is 0.395 e. The number of rotatable bonds is 2. The summed E-state index contributed by atoms with van der Waals surface area (Å²) < 4.78 is 0. The molecule has 0 aliphatic rings. The molecule has 2 N–H and O–H groups in total. The van der Waals surface area contributed by atoms with Gasteiger partial charge in [-0.15, -0.1) is 11.3 Å². The van der Waals surface area contributed by atoms with Gasteiger partial charge in [0.1, 0.15) is 0 Å². The Kier molecular flexibility index (Phi) is 4.73. The zero-order chi connectivity index (χ0) is 12.9. The second-order valence-electron chi connectivity index (χ2n) is 4.68. The quantitative estimate of drug-likeness (QED) is 0.790. The molecule has 0 aliphatic heterocycles. The molecular weight excluding hydrogens is 234 g/mol. The molecule has 0 saturated heterocycles. The van der Waals surface area contributed by atoms with Crippen LogP contribution in [0.3, 0.4) is 0 Å². The first-order valence-electron chi connectivity index (χ1n) is 5.43. The van der Waals surface area contributed by atoms with E-state index < -0.39 is 0 Å². The van der Waals surface area contributed by atoms with Crippen molar-refractivity contribution in [1.82, 2.24) is 5.32 Å². The third kappa shape index (κ3) is 5.03. The molecule has 0 unspecified atom stereocenters. The van der Waals surface area contributed by atoms with Gasteiger partial charge in [0.25, 0.3) is 5.91 Å². The van der Waals surface area contributed by atoms with Crippen molar-refractivity contribution in [3.63, 3.8) is 0 Å². The maximum absolute atomic E-state index is 11.8. The maximum Gasteiger partial charge on any atom is 0.252 e. The van der Waals surface area contributed by atoms with Crippen LogP contribution in [-0.2, 0) is 0 Å². The van der Waals surface area contributed by atoms with E-state index in [9.17, 15) is 4.79 Å². The number of nitrogens with one attached hydrogen (secondary N) is 1. The monoisotopic (exact) mass is 251 g/mol. The van der Waals surface area contributed by atoms with Crippen LogP contribution in [0.4, 0.5) is 0 Å². The highest BCUT2D eigenvalue weighted by molar-refractivity contribution is 7.10. The number of carbonyl (C=O) groups excluding carboxylic acids is 1. The molecule has 0 bridgehead atoms. The van der Waals surface area contributed by atoms with E-state index in [-0.39, 0.29) is 18.1 Å². The van der Waals surface area contributed by atoms with Gasteiger partial charge in [0.2, 0.25) is 0 Å². The normalized spacial score (nSPS) is 10.6. The average Bonchev–Trinajstić information content (AvgIpc) is 2.64. The van der Waals surface area contributed by atoms with Gasteiger partial charge in [-0.3, -0.25) is 4.79 Å². The lowest BCUT2D eigenvalue weighted by atomic mass is 10.1. The van der Waals surface area contributed by atoms with Gasteiger partial charge >= 0.3 is 0 Å².